The first kappa shape index (κ1) is 11.2. The number of carboxylic acids is 1. The van der Waals surface area contributed by atoms with Gasteiger partial charge in [-0.15, -0.1) is 0 Å². The molecule has 1 N–H and O–H groups in total. The Morgan fingerprint density at radius 2 is 2.40 bits per heavy atom. The average Bonchev–Trinajstić information content (AvgIpc) is 2.68. The maximum absolute atomic E-state index is 10.6. The summed E-state index contributed by atoms with van der Waals surface area (Å²) in [5.74, 6) is 2.11. The van der Waals surface area contributed by atoms with E-state index in [-0.39, 0.29) is 12.9 Å². The molecule has 2 saturated heterocycles. The quantitative estimate of drug-likeness (QED) is 0.796. The van der Waals surface area contributed by atoms with Gasteiger partial charge in [0.2, 0.25) is 0 Å². The van der Waals surface area contributed by atoms with Gasteiger partial charge in [0.15, 0.2) is 12.4 Å². The molecule has 5 heteroatoms. The van der Waals surface area contributed by atoms with Gasteiger partial charge < -0.3 is 14.6 Å². The molecule has 0 amide bonds. The molecule has 0 bridgehead atoms. The second-order valence-corrected chi connectivity index (χ2v) is 5.19. The van der Waals surface area contributed by atoms with Gasteiger partial charge in [-0.1, -0.05) is 0 Å². The lowest BCUT2D eigenvalue weighted by Crippen LogP contribution is -2.24. The van der Waals surface area contributed by atoms with Crippen molar-refractivity contribution < 1.29 is 19.4 Å². The summed E-state index contributed by atoms with van der Waals surface area (Å²) in [5, 5.41) is 8.73. The highest BCUT2D eigenvalue weighted by Crippen LogP contribution is 2.29. The number of aliphatic carboxylic acids is 1. The fourth-order valence-corrected chi connectivity index (χ4v) is 3.15. The first-order chi connectivity index (χ1) is 7.25. The van der Waals surface area contributed by atoms with Crippen LogP contribution < -0.4 is 0 Å². The molecule has 0 aromatic carbocycles. The van der Waals surface area contributed by atoms with Crippen LogP contribution in [0.5, 0.6) is 0 Å². The Bertz CT molecular complexity index is 227. The number of hydrogen-bond acceptors (Lipinski definition) is 4. The minimum atomic E-state index is -0.921. The Hall–Kier alpha value is -0.260. The van der Waals surface area contributed by atoms with Crippen LogP contribution in [0.4, 0.5) is 0 Å². The molecule has 2 fully saturated rings. The summed E-state index contributed by atoms with van der Waals surface area (Å²) in [4.78, 5) is 10.6. The Morgan fingerprint density at radius 1 is 1.53 bits per heavy atom. The Kier molecular flexibility index (Phi) is 3.88. The van der Waals surface area contributed by atoms with Gasteiger partial charge in [-0.25, -0.2) is 4.79 Å². The van der Waals surface area contributed by atoms with E-state index in [1.54, 1.807) is 0 Å². The summed E-state index contributed by atoms with van der Waals surface area (Å²) in [6, 6.07) is 0. The van der Waals surface area contributed by atoms with Crippen LogP contribution >= 0.6 is 11.8 Å². The SMILES string of the molecule is O=C(O)C1COC(CC2CCCSC2)O1. The highest BCUT2D eigenvalue weighted by Gasteiger charge is 2.33. The zero-order valence-electron chi connectivity index (χ0n) is 8.55. The smallest absolute Gasteiger partial charge is 0.335 e. The van der Waals surface area contributed by atoms with E-state index in [9.17, 15) is 4.79 Å². The van der Waals surface area contributed by atoms with Crippen LogP contribution in [0.3, 0.4) is 0 Å². The molecule has 3 atom stereocenters. The molecule has 15 heavy (non-hydrogen) atoms. The zero-order valence-corrected chi connectivity index (χ0v) is 9.37. The third-order valence-corrected chi connectivity index (χ3v) is 4.09. The first-order valence-corrected chi connectivity index (χ1v) is 6.49. The fourth-order valence-electron chi connectivity index (χ4n) is 1.98. The monoisotopic (exact) mass is 232 g/mol. The zero-order chi connectivity index (χ0) is 10.7. The number of carboxylic acid groups (broad SMARTS) is 1. The number of thioether (sulfide) groups is 1. The van der Waals surface area contributed by atoms with Crippen molar-refractivity contribution in [2.24, 2.45) is 5.92 Å². The molecule has 0 aliphatic carbocycles. The van der Waals surface area contributed by atoms with E-state index in [4.69, 9.17) is 14.6 Å². The normalized spacial score (nSPS) is 36.7. The predicted molar refractivity (Wildman–Crippen MR) is 56.9 cm³/mol. The average molecular weight is 232 g/mol. The molecule has 4 nitrogen and oxygen atoms in total. The number of rotatable bonds is 3. The standard InChI is InChI=1S/C10H16O4S/c11-10(12)8-5-13-9(14-8)4-7-2-1-3-15-6-7/h7-9H,1-6H2,(H,11,12). The molecule has 0 aromatic rings. The van der Waals surface area contributed by atoms with Crippen LogP contribution in [0, 0.1) is 5.92 Å². The van der Waals surface area contributed by atoms with Crippen molar-refractivity contribution in [3.05, 3.63) is 0 Å². The Labute approximate surface area is 93.3 Å². The van der Waals surface area contributed by atoms with Gasteiger partial charge in [-0.05, 0) is 30.3 Å². The number of hydrogen-bond donors (Lipinski definition) is 1. The maximum atomic E-state index is 10.6. The van der Waals surface area contributed by atoms with Crippen molar-refractivity contribution in [2.75, 3.05) is 18.1 Å². The highest BCUT2D eigenvalue weighted by atomic mass is 32.2. The van der Waals surface area contributed by atoms with E-state index in [2.05, 4.69) is 0 Å². The summed E-state index contributed by atoms with van der Waals surface area (Å²) in [7, 11) is 0. The molecule has 2 heterocycles. The van der Waals surface area contributed by atoms with Gasteiger partial charge in [-0.3, -0.25) is 0 Å². The van der Waals surface area contributed by atoms with Crippen molar-refractivity contribution in [1.29, 1.82) is 0 Å². The minimum Gasteiger partial charge on any atom is -0.479 e. The van der Waals surface area contributed by atoms with Crippen LogP contribution in [0.15, 0.2) is 0 Å². The van der Waals surface area contributed by atoms with Crippen molar-refractivity contribution in [3.8, 4) is 0 Å². The van der Waals surface area contributed by atoms with Gasteiger partial charge >= 0.3 is 5.97 Å². The van der Waals surface area contributed by atoms with Gasteiger partial charge in [0, 0.05) is 6.42 Å². The van der Waals surface area contributed by atoms with Crippen LogP contribution in [0.25, 0.3) is 0 Å². The van der Waals surface area contributed by atoms with Crippen LogP contribution in [0.1, 0.15) is 19.3 Å². The molecule has 0 spiro atoms. The van der Waals surface area contributed by atoms with E-state index in [0.29, 0.717) is 5.92 Å². The molecular formula is C10H16O4S. The first-order valence-electron chi connectivity index (χ1n) is 5.33. The fraction of sp³-hybridized carbons (Fsp3) is 0.900. The predicted octanol–water partition coefficient (Wildman–Crippen LogP) is 1.35. The third-order valence-electron chi connectivity index (χ3n) is 2.81. The molecule has 3 unspecified atom stereocenters. The molecular weight excluding hydrogens is 216 g/mol. The van der Waals surface area contributed by atoms with E-state index < -0.39 is 12.1 Å². The van der Waals surface area contributed by atoms with Crippen LogP contribution in [-0.4, -0.2) is 41.6 Å². The molecule has 0 radical (unpaired) electrons. The molecule has 2 aliphatic rings. The van der Waals surface area contributed by atoms with Crippen molar-refractivity contribution in [1.82, 2.24) is 0 Å². The van der Waals surface area contributed by atoms with E-state index in [1.165, 1.54) is 18.6 Å². The van der Waals surface area contributed by atoms with E-state index >= 15 is 0 Å². The largest absolute Gasteiger partial charge is 0.479 e. The second-order valence-electron chi connectivity index (χ2n) is 4.04. The second kappa shape index (κ2) is 5.18. The molecule has 2 aliphatic heterocycles. The number of carbonyl (C=O) groups is 1. The Morgan fingerprint density at radius 3 is 3.00 bits per heavy atom. The lowest BCUT2D eigenvalue weighted by Gasteiger charge is -2.23. The van der Waals surface area contributed by atoms with Gasteiger partial charge in [0.05, 0.1) is 6.61 Å². The van der Waals surface area contributed by atoms with Gasteiger partial charge in [-0.2, -0.15) is 11.8 Å². The highest BCUT2D eigenvalue weighted by molar-refractivity contribution is 7.99. The van der Waals surface area contributed by atoms with Crippen molar-refractivity contribution in [2.45, 2.75) is 31.7 Å². The van der Waals surface area contributed by atoms with Crippen LogP contribution in [-0.2, 0) is 14.3 Å². The number of ether oxygens (including phenoxy) is 2. The Balaban J connectivity index is 1.74. The van der Waals surface area contributed by atoms with Crippen molar-refractivity contribution in [3.63, 3.8) is 0 Å². The minimum absolute atomic E-state index is 0.194. The lowest BCUT2D eigenvalue weighted by atomic mass is 10.0. The van der Waals surface area contributed by atoms with Crippen LogP contribution in [0.2, 0.25) is 0 Å². The maximum Gasteiger partial charge on any atom is 0.335 e. The summed E-state index contributed by atoms with van der Waals surface area (Å²) in [5.41, 5.74) is 0. The third kappa shape index (κ3) is 3.09. The lowest BCUT2D eigenvalue weighted by molar-refractivity contribution is -0.151. The topological polar surface area (TPSA) is 55.8 Å². The molecule has 0 aromatic heterocycles. The molecule has 0 saturated carbocycles. The van der Waals surface area contributed by atoms with Gasteiger partial charge in [0.1, 0.15) is 0 Å². The molecule has 2 rings (SSSR count). The molecule has 86 valence electrons. The van der Waals surface area contributed by atoms with E-state index in [1.807, 2.05) is 11.8 Å². The summed E-state index contributed by atoms with van der Waals surface area (Å²) < 4.78 is 10.6. The summed E-state index contributed by atoms with van der Waals surface area (Å²) in [6.07, 6.45) is 2.26. The van der Waals surface area contributed by atoms with Crippen molar-refractivity contribution >= 4 is 17.7 Å². The summed E-state index contributed by atoms with van der Waals surface area (Å²) in [6.45, 7) is 0.194. The van der Waals surface area contributed by atoms with E-state index in [0.717, 1.165) is 12.2 Å². The summed E-state index contributed by atoms with van der Waals surface area (Å²) >= 11 is 1.97. The van der Waals surface area contributed by atoms with Gasteiger partial charge in [0.25, 0.3) is 0 Å².